The van der Waals surface area contributed by atoms with Crippen LogP contribution in [0.4, 0.5) is 15.8 Å². The molecule has 0 spiro atoms. The van der Waals surface area contributed by atoms with Gasteiger partial charge in [0.25, 0.3) is 5.69 Å². The van der Waals surface area contributed by atoms with Gasteiger partial charge in [0.1, 0.15) is 10.8 Å². The van der Waals surface area contributed by atoms with Gasteiger partial charge in [-0.25, -0.2) is 4.39 Å². The van der Waals surface area contributed by atoms with Gasteiger partial charge in [0.05, 0.1) is 4.92 Å². The van der Waals surface area contributed by atoms with E-state index in [9.17, 15) is 14.5 Å². The van der Waals surface area contributed by atoms with E-state index in [1.165, 1.54) is 24.3 Å². The Morgan fingerprint density at radius 1 is 1.29 bits per heavy atom. The third-order valence-electron chi connectivity index (χ3n) is 3.01. The van der Waals surface area contributed by atoms with Crippen molar-refractivity contribution in [2.75, 3.05) is 5.32 Å². The first-order valence-electron chi connectivity index (χ1n) is 6.01. The number of nitrogens with one attached hydrogen (secondary N) is 1. The number of nitro benzene ring substituents is 1. The fourth-order valence-corrected chi connectivity index (χ4v) is 2.34. The van der Waals surface area contributed by atoms with Crippen LogP contribution in [0.2, 0.25) is 10.0 Å². The summed E-state index contributed by atoms with van der Waals surface area (Å²) in [4.78, 5) is 10.2. The van der Waals surface area contributed by atoms with E-state index in [1.807, 2.05) is 0 Å². The minimum Gasteiger partial charge on any atom is -0.381 e. The quantitative estimate of drug-likeness (QED) is 0.637. The normalized spacial score (nSPS) is 10.5. The van der Waals surface area contributed by atoms with Gasteiger partial charge in [-0.05, 0) is 30.7 Å². The lowest BCUT2D eigenvalue weighted by Gasteiger charge is -2.12. The van der Waals surface area contributed by atoms with E-state index in [1.54, 1.807) is 13.0 Å². The van der Waals surface area contributed by atoms with Crippen LogP contribution in [-0.2, 0) is 6.54 Å². The summed E-state index contributed by atoms with van der Waals surface area (Å²) in [5.74, 6) is -0.416. The highest BCUT2D eigenvalue weighted by Gasteiger charge is 2.15. The number of benzene rings is 2. The molecule has 0 fully saturated rings. The molecule has 0 amide bonds. The van der Waals surface area contributed by atoms with E-state index in [0.717, 1.165) is 0 Å². The average Bonchev–Trinajstić information content (AvgIpc) is 2.41. The van der Waals surface area contributed by atoms with Gasteiger partial charge in [0, 0.05) is 28.9 Å². The molecule has 2 aromatic carbocycles. The first kappa shape index (κ1) is 15.5. The molecule has 0 saturated carbocycles. The monoisotopic (exact) mass is 328 g/mol. The maximum atomic E-state index is 13.7. The third kappa shape index (κ3) is 3.43. The van der Waals surface area contributed by atoms with E-state index in [-0.39, 0.29) is 17.3 Å². The smallest absolute Gasteiger partial charge is 0.288 e. The van der Waals surface area contributed by atoms with Crippen molar-refractivity contribution in [2.24, 2.45) is 0 Å². The van der Waals surface area contributed by atoms with Crippen LogP contribution in [0.15, 0.2) is 30.3 Å². The van der Waals surface area contributed by atoms with Crippen molar-refractivity contribution < 1.29 is 9.31 Å². The Balaban J connectivity index is 2.25. The molecule has 0 radical (unpaired) electrons. The van der Waals surface area contributed by atoms with Gasteiger partial charge >= 0.3 is 0 Å². The molecule has 0 aliphatic carbocycles. The Kier molecular flexibility index (Phi) is 4.65. The molecule has 110 valence electrons. The van der Waals surface area contributed by atoms with Crippen LogP contribution < -0.4 is 5.32 Å². The molecule has 2 aromatic rings. The number of hydrogen-bond acceptors (Lipinski definition) is 3. The fraction of sp³-hybridized carbons (Fsp3) is 0.143. The number of nitrogens with zero attached hydrogens (tertiary/aromatic N) is 1. The minimum atomic E-state index is -0.549. The van der Waals surface area contributed by atoms with Crippen LogP contribution in [0.1, 0.15) is 11.1 Å². The largest absolute Gasteiger partial charge is 0.381 e. The predicted molar refractivity (Wildman–Crippen MR) is 81.6 cm³/mol. The lowest BCUT2D eigenvalue weighted by atomic mass is 10.1. The van der Waals surface area contributed by atoms with Gasteiger partial charge in [-0.15, -0.1) is 0 Å². The molecule has 2 rings (SSSR count). The molecule has 7 heteroatoms. The zero-order valence-corrected chi connectivity index (χ0v) is 12.5. The van der Waals surface area contributed by atoms with Gasteiger partial charge in [-0.3, -0.25) is 10.1 Å². The van der Waals surface area contributed by atoms with Crippen LogP contribution >= 0.6 is 23.2 Å². The highest BCUT2D eigenvalue weighted by atomic mass is 35.5. The Morgan fingerprint density at radius 3 is 2.62 bits per heavy atom. The molecule has 4 nitrogen and oxygen atoms in total. The average molecular weight is 329 g/mol. The molecule has 0 saturated heterocycles. The van der Waals surface area contributed by atoms with Crippen LogP contribution in [0.3, 0.4) is 0 Å². The zero-order valence-electron chi connectivity index (χ0n) is 11.0. The molecular weight excluding hydrogens is 318 g/mol. The Bertz CT molecular complexity index is 687. The molecule has 1 N–H and O–H groups in total. The van der Waals surface area contributed by atoms with E-state index in [4.69, 9.17) is 23.2 Å². The lowest BCUT2D eigenvalue weighted by molar-refractivity contribution is -0.384. The van der Waals surface area contributed by atoms with Crippen molar-refractivity contribution in [3.8, 4) is 0 Å². The number of rotatable bonds is 4. The molecule has 0 unspecified atom stereocenters. The van der Waals surface area contributed by atoms with E-state index < -0.39 is 10.7 Å². The van der Waals surface area contributed by atoms with Crippen molar-refractivity contribution in [1.82, 2.24) is 0 Å². The summed E-state index contributed by atoms with van der Waals surface area (Å²) in [6.45, 7) is 1.86. The standard InChI is InChI=1S/C14H11Cl2FN2O2/c1-8-5-14(19(20)21)11(16)6-13(8)18-7-9-10(15)3-2-4-12(9)17/h2-6,18H,7H2,1H3. The number of aryl methyl sites for hydroxylation is 1. The highest BCUT2D eigenvalue weighted by molar-refractivity contribution is 6.33. The van der Waals surface area contributed by atoms with Crippen molar-refractivity contribution >= 4 is 34.6 Å². The summed E-state index contributed by atoms with van der Waals surface area (Å²) in [5, 5.41) is 14.1. The third-order valence-corrected chi connectivity index (χ3v) is 3.66. The van der Waals surface area contributed by atoms with E-state index in [2.05, 4.69) is 5.32 Å². The molecule has 0 aromatic heterocycles. The maximum Gasteiger partial charge on any atom is 0.288 e. The van der Waals surface area contributed by atoms with Crippen LogP contribution in [0.5, 0.6) is 0 Å². The SMILES string of the molecule is Cc1cc([N+](=O)[O-])c(Cl)cc1NCc1c(F)cccc1Cl. The van der Waals surface area contributed by atoms with Gasteiger partial charge in [-0.2, -0.15) is 0 Å². The fourth-order valence-electron chi connectivity index (χ4n) is 1.88. The van der Waals surface area contributed by atoms with Crippen LogP contribution in [0.25, 0.3) is 0 Å². The first-order valence-corrected chi connectivity index (χ1v) is 6.77. The summed E-state index contributed by atoms with van der Waals surface area (Å²) in [5.41, 5.74) is 1.39. The molecule has 0 aliphatic rings. The van der Waals surface area contributed by atoms with Crippen LogP contribution in [0, 0.1) is 22.9 Å². The van der Waals surface area contributed by atoms with Gasteiger partial charge in [0.2, 0.25) is 0 Å². The number of nitro groups is 1. The second kappa shape index (κ2) is 6.28. The Labute approximate surface area is 130 Å². The zero-order chi connectivity index (χ0) is 15.6. The summed E-state index contributed by atoms with van der Waals surface area (Å²) in [6, 6.07) is 7.25. The topological polar surface area (TPSA) is 55.2 Å². The van der Waals surface area contributed by atoms with Crippen molar-refractivity contribution in [1.29, 1.82) is 0 Å². The lowest BCUT2D eigenvalue weighted by Crippen LogP contribution is -2.04. The highest BCUT2D eigenvalue weighted by Crippen LogP contribution is 2.31. The number of anilines is 1. The molecule has 0 aliphatic heterocycles. The van der Waals surface area contributed by atoms with E-state index >= 15 is 0 Å². The summed E-state index contributed by atoms with van der Waals surface area (Å²) < 4.78 is 13.7. The second-order valence-corrected chi connectivity index (χ2v) is 5.24. The summed E-state index contributed by atoms with van der Waals surface area (Å²) in [7, 11) is 0. The second-order valence-electron chi connectivity index (χ2n) is 4.43. The summed E-state index contributed by atoms with van der Waals surface area (Å²) in [6.07, 6.45) is 0. The molecular formula is C14H11Cl2FN2O2. The predicted octanol–water partition coefficient (Wildman–Crippen LogP) is 4.96. The molecule has 0 heterocycles. The summed E-state index contributed by atoms with van der Waals surface area (Å²) >= 11 is 11.8. The maximum absolute atomic E-state index is 13.7. The number of halogens is 3. The van der Waals surface area contributed by atoms with Crippen LogP contribution in [-0.4, -0.2) is 4.92 Å². The number of hydrogen-bond donors (Lipinski definition) is 1. The van der Waals surface area contributed by atoms with Gasteiger partial charge in [-0.1, -0.05) is 29.3 Å². The Hall–Kier alpha value is -1.85. The van der Waals surface area contributed by atoms with E-state index in [0.29, 0.717) is 21.8 Å². The molecule has 0 bridgehead atoms. The molecule has 0 atom stereocenters. The van der Waals surface area contributed by atoms with Crippen molar-refractivity contribution in [2.45, 2.75) is 13.5 Å². The van der Waals surface area contributed by atoms with Crippen molar-refractivity contribution in [3.63, 3.8) is 0 Å². The minimum absolute atomic E-state index is 0.0210. The molecule has 21 heavy (non-hydrogen) atoms. The van der Waals surface area contributed by atoms with Gasteiger partial charge < -0.3 is 5.32 Å². The van der Waals surface area contributed by atoms with Gasteiger partial charge in [0.15, 0.2) is 0 Å². The first-order chi connectivity index (χ1) is 9.90. The Morgan fingerprint density at radius 2 is 2.00 bits per heavy atom. The van der Waals surface area contributed by atoms with Crippen molar-refractivity contribution in [3.05, 3.63) is 67.4 Å².